The van der Waals surface area contributed by atoms with E-state index < -0.39 is 0 Å². The van der Waals surface area contributed by atoms with Gasteiger partial charge in [-0.2, -0.15) is 5.01 Å². The highest BCUT2D eigenvalue weighted by Crippen LogP contribution is 2.73. The molecule has 1 heterocycles. The SMILES string of the molecule is CC1=C(C)[C@]2(C)C(C)[C@@]1(C)[C@@H]1C(=O)N(NC(=S)Nc3ccccc3)C(=O)[C@@H]12. The van der Waals surface area contributed by atoms with Gasteiger partial charge in [-0.25, -0.2) is 0 Å². The largest absolute Gasteiger partial charge is 0.331 e. The molecule has 1 saturated heterocycles. The van der Waals surface area contributed by atoms with E-state index >= 15 is 0 Å². The molecule has 2 amide bonds. The first-order valence-electron chi connectivity index (χ1n) is 9.34. The number of carbonyl (C=O) groups excluding carboxylic acids is 2. The molecule has 1 aliphatic heterocycles. The van der Waals surface area contributed by atoms with Crippen molar-refractivity contribution in [2.24, 2.45) is 28.6 Å². The molecule has 3 aliphatic rings. The molecule has 2 fully saturated rings. The summed E-state index contributed by atoms with van der Waals surface area (Å²) < 4.78 is 0. The summed E-state index contributed by atoms with van der Waals surface area (Å²) in [5.74, 6) is -0.759. The number of nitrogens with one attached hydrogen (secondary N) is 2. The predicted octanol–water partition coefficient (Wildman–Crippen LogP) is 3.50. The van der Waals surface area contributed by atoms with Gasteiger partial charge in [0, 0.05) is 16.5 Å². The first kappa shape index (κ1) is 18.2. The summed E-state index contributed by atoms with van der Waals surface area (Å²) in [6.07, 6.45) is 0. The third kappa shape index (κ3) is 2.07. The van der Waals surface area contributed by atoms with Crippen molar-refractivity contribution >= 4 is 34.8 Å². The molecular weight excluding hydrogens is 358 g/mol. The summed E-state index contributed by atoms with van der Waals surface area (Å²) in [5.41, 5.74) is 5.57. The number of thiocarbonyl (C=S) groups is 1. The lowest BCUT2D eigenvalue weighted by molar-refractivity contribution is -0.144. The zero-order valence-corrected chi connectivity index (χ0v) is 17.1. The van der Waals surface area contributed by atoms with Gasteiger partial charge in [-0.1, -0.05) is 50.1 Å². The van der Waals surface area contributed by atoms with E-state index in [2.05, 4.69) is 45.4 Å². The van der Waals surface area contributed by atoms with Gasteiger partial charge in [0.2, 0.25) is 0 Å². The first-order chi connectivity index (χ1) is 12.6. The van der Waals surface area contributed by atoms with Crippen molar-refractivity contribution in [1.82, 2.24) is 10.4 Å². The molecule has 4 rings (SSSR count). The van der Waals surface area contributed by atoms with Crippen molar-refractivity contribution in [2.75, 3.05) is 5.32 Å². The normalized spacial score (nSPS) is 37.1. The molecular formula is C21H25N3O2S. The molecule has 27 heavy (non-hydrogen) atoms. The molecule has 2 aliphatic carbocycles. The first-order valence-corrected chi connectivity index (χ1v) is 9.74. The van der Waals surface area contributed by atoms with Crippen molar-refractivity contribution in [3.05, 3.63) is 41.5 Å². The highest BCUT2D eigenvalue weighted by molar-refractivity contribution is 7.80. The Bertz CT molecular complexity index is 852. The van der Waals surface area contributed by atoms with E-state index in [-0.39, 0.29) is 45.5 Å². The molecule has 1 aromatic carbocycles. The third-order valence-corrected chi connectivity index (χ3v) is 8.01. The number of carbonyl (C=O) groups is 2. The van der Waals surface area contributed by atoms with Gasteiger partial charge in [-0.3, -0.25) is 15.0 Å². The van der Waals surface area contributed by atoms with Gasteiger partial charge in [0.05, 0.1) is 11.8 Å². The molecule has 0 aromatic heterocycles. The maximum absolute atomic E-state index is 13.3. The molecule has 1 unspecified atom stereocenters. The second-order valence-electron chi connectivity index (χ2n) is 8.44. The lowest BCUT2D eigenvalue weighted by Gasteiger charge is -2.34. The van der Waals surface area contributed by atoms with Crippen LogP contribution in [0.5, 0.6) is 0 Å². The van der Waals surface area contributed by atoms with Gasteiger partial charge >= 0.3 is 0 Å². The molecule has 0 spiro atoms. The average Bonchev–Trinajstić information content (AvgIpc) is 3.05. The molecule has 1 saturated carbocycles. The Balaban J connectivity index is 1.61. The zero-order chi connectivity index (χ0) is 19.7. The van der Waals surface area contributed by atoms with Gasteiger partial charge in [0.15, 0.2) is 5.11 Å². The number of allylic oxidation sites excluding steroid dienone is 2. The number of anilines is 1. The predicted molar refractivity (Wildman–Crippen MR) is 108 cm³/mol. The van der Waals surface area contributed by atoms with Crippen molar-refractivity contribution in [1.29, 1.82) is 0 Å². The minimum atomic E-state index is -0.333. The van der Waals surface area contributed by atoms with E-state index in [1.54, 1.807) is 0 Å². The Hall–Kier alpha value is -2.21. The highest BCUT2D eigenvalue weighted by atomic mass is 32.1. The second-order valence-corrected chi connectivity index (χ2v) is 8.84. The number of para-hydroxylation sites is 1. The number of amides is 2. The van der Waals surface area contributed by atoms with E-state index in [1.807, 2.05) is 30.3 Å². The van der Waals surface area contributed by atoms with Crippen LogP contribution in [0.3, 0.4) is 0 Å². The molecule has 142 valence electrons. The van der Waals surface area contributed by atoms with E-state index in [0.29, 0.717) is 0 Å². The molecule has 5 nitrogen and oxygen atoms in total. The van der Waals surface area contributed by atoms with E-state index in [9.17, 15) is 9.59 Å². The number of imide groups is 1. The molecule has 5 atom stereocenters. The van der Waals surface area contributed by atoms with Crippen LogP contribution in [0.4, 0.5) is 5.69 Å². The lowest BCUT2D eigenvalue weighted by atomic mass is 9.66. The van der Waals surface area contributed by atoms with Crippen LogP contribution >= 0.6 is 12.2 Å². The maximum Gasteiger partial charge on any atom is 0.253 e. The summed E-state index contributed by atoms with van der Waals surface area (Å²) >= 11 is 5.33. The number of nitrogens with zero attached hydrogens (tertiary/aromatic N) is 1. The number of fused-ring (bicyclic) bond motifs is 5. The third-order valence-electron chi connectivity index (χ3n) is 7.82. The average molecular weight is 384 g/mol. The van der Waals surface area contributed by atoms with Gasteiger partial charge in [0.25, 0.3) is 11.8 Å². The van der Waals surface area contributed by atoms with E-state index in [1.165, 1.54) is 11.1 Å². The van der Waals surface area contributed by atoms with Crippen LogP contribution in [-0.2, 0) is 9.59 Å². The second kappa shape index (κ2) is 5.64. The summed E-state index contributed by atoms with van der Waals surface area (Å²) in [6, 6.07) is 9.43. The fraction of sp³-hybridized carbons (Fsp3) is 0.476. The van der Waals surface area contributed by atoms with Crippen molar-refractivity contribution in [3.8, 4) is 0 Å². The molecule has 6 heteroatoms. The number of hydrazine groups is 1. The van der Waals surface area contributed by atoms with Crippen LogP contribution in [0.25, 0.3) is 0 Å². The van der Waals surface area contributed by atoms with E-state index in [0.717, 1.165) is 10.7 Å². The fourth-order valence-corrected chi connectivity index (χ4v) is 6.06. The van der Waals surface area contributed by atoms with Gasteiger partial charge < -0.3 is 5.32 Å². The summed E-state index contributed by atoms with van der Waals surface area (Å²) in [6.45, 7) is 10.7. The van der Waals surface area contributed by atoms with Crippen LogP contribution in [0, 0.1) is 28.6 Å². The fourth-order valence-electron chi connectivity index (χ4n) is 5.86. The summed E-state index contributed by atoms with van der Waals surface area (Å²) in [7, 11) is 0. The number of rotatable bonds is 2. The minimum absolute atomic E-state index is 0.174. The Kier molecular flexibility index (Phi) is 3.80. The van der Waals surface area contributed by atoms with Crippen LogP contribution in [0.15, 0.2) is 41.5 Å². The Labute approximate surface area is 165 Å². The standard InChI is InChI=1S/C21H25N3O2S/c1-11-12(2)21(5)13(3)20(11,4)15-16(21)18(26)24(17(15)25)23-19(27)22-14-9-7-6-8-10-14/h6-10,13,15-16H,1-5H3,(H2,22,23,27)/t13?,15-,16+,20-,21+. The van der Waals surface area contributed by atoms with E-state index in [4.69, 9.17) is 12.2 Å². The monoisotopic (exact) mass is 383 g/mol. The topological polar surface area (TPSA) is 61.4 Å². The van der Waals surface area contributed by atoms with Crippen molar-refractivity contribution in [3.63, 3.8) is 0 Å². The van der Waals surface area contributed by atoms with Crippen molar-refractivity contribution < 1.29 is 9.59 Å². The van der Waals surface area contributed by atoms with Crippen LogP contribution < -0.4 is 10.7 Å². The molecule has 1 aromatic rings. The Morgan fingerprint density at radius 3 is 1.96 bits per heavy atom. The lowest BCUT2D eigenvalue weighted by Crippen LogP contribution is -2.50. The smallest absolute Gasteiger partial charge is 0.253 e. The molecule has 2 bridgehead atoms. The molecule has 0 radical (unpaired) electrons. The quantitative estimate of drug-likeness (QED) is 0.465. The number of hydrogen-bond acceptors (Lipinski definition) is 3. The Morgan fingerprint density at radius 2 is 1.48 bits per heavy atom. The maximum atomic E-state index is 13.3. The highest BCUT2D eigenvalue weighted by Gasteiger charge is 2.75. The number of benzene rings is 1. The summed E-state index contributed by atoms with van der Waals surface area (Å²) in [4.78, 5) is 26.5. The zero-order valence-electron chi connectivity index (χ0n) is 16.3. The van der Waals surface area contributed by atoms with Crippen LogP contribution in [0.2, 0.25) is 0 Å². The van der Waals surface area contributed by atoms with Crippen molar-refractivity contribution in [2.45, 2.75) is 34.6 Å². The van der Waals surface area contributed by atoms with Crippen LogP contribution in [0.1, 0.15) is 34.6 Å². The van der Waals surface area contributed by atoms with Gasteiger partial charge in [-0.15, -0.1) is 0 Å². The Morgan fingerprint density at radius 1 is 1.00 bits per heavy atom. The summed E-state index contributed by atoms with van der Waals surface area (Å²) in [5, 5.41) is 4.40. The minimum Gasteiger partial charge on any atom is -0.331 e. The van der Waals surface area contributed by atoms with Gasteiger partial charge in [-0.05, 0) is 44.1 Å². The van der Waals surface area contributed by atoms with Gasteiger partial charge in [0.1, 0.15) is 0 Å². The molecule has 2 N–H and O–H groups in total. The number of hydrogen-bond donors (Lipinski definition) is 2. The van der Waals surface area contributed by atoms with Crippen LogP contribution in [-0.4, -0.2) is 21.9 Å².